The molecule has 1 fully saturated rings. The number of rotatable bonds is 3. The molecule has 0 spiro atoms. The number of hydrogen-bond acceptors (Lipinski definition) is 1. The number of nitriles is 1. The van der Waals surface area contributed by atoms with Crippen LogP contribution in [0.1, 0.15) is 38.5 Å². The molecule has 0 atom stereocenters. The Morgan fingerprint density at radius 1 is 1.27 bits per heavy atom. The van der Waals surface area contributed by atoms with Gasteiger partial charge in [-0.2, -0.15) is 5.26 Å². The van der Waals surface area contributed by atoms with Crippen molar-refractivity contribution in [2.24, 2.45) is 0 Å². The Balaban J connectivity index is 2.01. The van der Waals surface area contributed by atoms with Crippen LogP contribution in [0, 0.1) is 11.3 Å². The van der Waals surface area contributed by atoms with Crippen LogP contribution in [0.15, 0.2) is 0 Å². The van der Waals surface area contributed by atoms with Crippen LogP contribution in [0.3, 0.4) is 0 Å². The van der Waals surface area contributed by atoms with Crippen molar-refractivity contribution in [1.29, 1.82) is 5.26 Å². The molecule has 0 aliphatic heterocycles. The first-order valence-electron chi connectivity index (χ1n) is 4.47. The molecule has 2 nitrogen and oxygen atoms in total. The Morgan fingerprint density at radius 3 is 2.64 bits per heavy atom. The van der Waals surface area contributed by atoms with Crippen LogP contribution in [0.2, 0.25) is 0 Å². The predicted molar refractivity (Wildman–Crippen MR) is 44.1 cm³/mol. The van der Waals surface area contributed by atoms with E-state index < -0.39 is 0 Å². The lowest BCUT2D eigenvalue weighted by Crippen LogP contribution is -2.25. The summed E-state index contributed by atoms with van der Waals surface area (Å²) in [4.78, 5) is 0. The zero-order valence-electron chi connectivity index (χ0n) is 6.92. The highest BCUT2D eigenvalue weighted by atomic mass is 14.9. The molecule has 0 bridgehead atoms. The van der Waals surface area contributed by atoms with Crippen molar-refractivity contribution in [2.45, 2.75) is 44.6 Å². The fourth-order valence-electron chi connectivity index (χ4n) is 1.56. The molecule has 1 rings (SSSR count). The van der Waals surface area contributed by atoms with E-state index >= 15 is 0 Å². The van der Waals surface area contributed by atoms with Crippen LogP contribution < -0.4 is 5.32 Å². The second-order valence-electron chi connectivity index (χ2n) is 3.11. The fourth-order valence-corrected chi connectivity index (χ4v) is 1.56. The molecule has 0 aromatic heterocycles. The van der Waals surface area contributed by atoms with Crippen molar-refractivity contribution < 1.29 is 0 Å². The minimum Gasteiger partial charge on any atom is -0.237 e. The van der Waals surface area contributed by atoms with Gasteiger partial charge in [-0.3, -0.25) is 0 Å². The van der Waals surface area contributed by atoms with E-state index in [1.165, 1.54) is 32.1 Å². The third-order valence-corrected chi connectivity index (χ3v) is 2.19. The molecule has 1 saturated carbocycles. The molecular formula is C9H15N2. The minimum atomic E-state index is 0.581. The first kappa shape index (κ1) is 8.55. The molecule has 2 heteroatoms. The third-order valence-electron chi connectivity index (χ3n) is 2.19. The van der Waals surface area contributed by atoms with Gasteiger partial charge in [0.1, 0.15) is 0 Å². The van der Waals surface area contributed by atoms with Crippen LogP contribution in [0.25, 0.3) is 0 Å². The summed E-state index contributed by atoms with van der Waals surface area (Å²) in [6.45, 7) is 0.751. The van der Waals surface area contributed by atoms with Gasteiger partial charge in [-0.25, -0.2) is 5.32 Å². The number of hydrogen-bond donors (Lipinski definition) is 0. The topological polar surface area (TPSA) is 37.9 Å². The summed E-state index contributed by atoms with van der Waals surface area (Å²) in [5, 5.41) is 12.7. The highest BCUT2D eigenvalue weighted by molar-refractivity contribution is 4.75. The maximum atomic E-state index is 8.29. The summed E-state index contributed by atoms with van der Waals surface area (Å²) in [5.41, 5.74) is 0. The lowest BCUT2D eigenvalue weighted by molar-refractivity contribution is 0.371. The monoisotopic (exact) mass is 151 g/mol. The van der Waals surface area contributed by atoms with E-state index in [9.17, 15) is 0 Å². The summed E-state index contributed by atoms with van der Waals surface area (Å²) >= 11 is 0. The molecule has 0 aromatic carbocycles. The van der Waals surface area contributed by atoms with E-state index in [2.05, 4.69) is 11.4 Å². The lowest BCUT2D eigenvalue weighted by atomic mass is 9.95. The molecule has 0 heterocycles. The van der Waals surface area contributed by atoms with Crippen molar-refractivity contribution in [3.8, 4) is 6.07 Å². The van der Waals surface area contributed by atoms with Gasteiger partial charge in [0.25, 0.3) is 0 Å². The van der Waals surface area contributed by atoms with Crippen molar-refractivity contribution in [3.05, 3.63) is 0 Å². The van der Waals surface area contributed by atoms with Crippen molar-refractivity contribution >= 4 is 0 Å². The van der Waals surface area contributed by atoms with Gasteiger partial charge in [0.15, 0.2) is 0 Å². The quantitative estimate of drug-likeness (QED) is 0.567. The Morgan fingerprint density at radius 2 is 2.00 bits per heavy atom. The summed E-state index contributed by atoms with van der Waals surface area (Å²) in [6, 6.07) is 2.69. The van der Waals surface area contributed by atoms with Crippen LogP contribution >= 0.6 is 0 Å². The largest absolute Gasteiger partial charge is 0.237 e. The van der Waals surface area contributed by atoms with Crippen LogP contribution in [-0.2, 0) is 0 Å². The molecule has 1 aliphatic rings. The van der Waals surface area contributed by atoms with Crippen LogP contribution in [0.5, 0.6) is 0 Å². The Bertz CT molecular complexity index is 131. The van der Waals surface area contributed by atoms with Crippen molar-refractivity contribution in [1.82, 2.24) is 5.32 Å². The lowest BCUT2D eigenvalue weighted by Gasteiger charge is -2.20. The van der Waals surface area contributed by atoms with E-state index in [4.69, 9.17) is 5.26 Å². The van der Waals surface area contributed by atoms with E-state index in [0.29, 0.717) is 12.5 Å². The molecule has 11 heavy (non-hydrogen) atoms. The second-order valence-corrected chi connectivity index (χ2v) is 3.11. The zero-order valence-corrected chi connectivity index (χ0v) is 6.92. The van der Waals surface area contributed by atoms with Crippen molar-refractivity contribution in [3.63, 3.8) is 0 Å². The normalized spacial score (nSPS) is 19.5. The van der Waals surface area contributed by atoms with Gasteiger partial charge >= 0.3 is 0 Å². The molecule has 0 N–H and O–H groups in total. The van der Waals surface area contributed by atoms with Gasteiger partial charge in [-0.1, -0.05) is 19.3 Å². The Labute approximate surface area is 68.6 Å². The SMILES string of the molecule is N#CCC[N]C1CCCCC1. The van der Waals surface area contributed by atoms with Crippen LogP contribution in [0.4, 0.5) is 0 Å². The molecule has 0 aromatic rings. The maximum absolute atomic E-state index is 8.29. The summed E-state index contributed by atoms with van der Waals surface area (Å²) in [6.07, 6.45) is 7.15. The van der Waals surface area contributed by atoms with Gasteiger partial charge in [0.05, 0.1) is 6.07 Å². The molecule has 1 aliphatic carbocycles. The molecular weight excluding hydrogens is 136 g/mol. The first-order valence-corrected chi connectivity index (χ1v) is 4.47. The predicted octanol–water partition coefficient (Wildman–Crippen LogP) is 1.84. The van der Waals surface area contributed by atoms with E-state index in [1.807, 2.05) is 0 Å². The first-order chi connectivity index (χ1) is 5.43. The summed E-state index contributed by atoms with van der Waals surface area (Å²) in [5.74, 6) is 0. The summed E-state index contributed by atoms with van der Waals surface area (Å²) < 4.78 is 0. The number of nitrogens with zero attached hydrogens (tertiary/aromatic N) is 2. The smallest absolute Gasteiger partial charge is 0.0635 e. The molecule has 1 radical (unpaired) electrons. The van der Waals surface area contributed by atoms with Gasteiger partial charge in [-0.15, -0.1) is 0 Å². The van der Waals surface area contributed by atoms with Gasteiger partial charge in [0.2, 0.25) is 0 Å². The maximum Gasteiger partial charge on any atom is 0.0635 e. The Kier molecular flexibility index (Phi) is 4.00. The fraction of sp³-hybridized carbons (Fsp3) is 0.889. The average molecular weight is 151 g/mol. The Hall–Kier alpha value is -0.550. The van der Waals surface area contributed by atoms with Gasteiger partial charge < -0.3 is 0 Å². The van der Waals surface area contributed by atoms with Gasteiger partial charge in [-0.05, 0) is 12.8 Å². The second kappa shape index (κ2) is 5.15. The standard InChI is InChI=1S/C9H15N2/c10-7-4-8-11-9-5-2-1-3-6-9/h9H,1-6,8H2. The summed E-state index contributed by atoms with van der Waals surface area (Å²) in [7, 11) is 0. The highest BCUT2D eigenvalue weighted by Crippen LogP contribution is 2.17. The zero-order chi connectivity index (χ0) is 7.94. The van der Waals surface area contributed by atoms with Crippen molar-refractivity contribution in [2.75, 3.05) is 6.54 Å². The molecule has 61 valence electrons. The van der Waals surface area contributed by atoms with E-state index in [-0.39, 0.29) is 0 Å². The average Bonchev–Trinajstić information content (AvgIpc) is 2.07. The van der Waals surface area contributed by atoms with Crippen LogP contribution in [-0.4, -0.2) is 12.6 Å². The third kappa shape index (κ3) is 3.38. The molecule has 0 amide bonds. The molecule has 0 unspecified atom stereocenters. The molecule has 0 saturated heterocycles. The highest BCUT2D eigenvalue weighted by Gasteiger charge is 2.12. The van der Waals surface area contributed by atoms with Gasteiger partial charge in [0, 0.05) is 19.0 Å². The van der Waals surface area contributed by atoms with E-state index in [0.717, 1.165) is 6.54 Å². The van der Waals surface area contributed by atoms with E-state index in [1.54, 1.807) is 0 Å². The minimum absolute atomic E-state index is 0.581.